The first-order chi connectivity index (χ1) is 7.31. The molecule has 0 N–H and O–H groups in total. The van der Waals surface area contributed by atoms with Crippen LogP contribution < -0.4 is 8.43 Å². The largest absolute Gasteiger partial charge is 0.506 e. The highest BCUT2D eigenvalue weighted by Crippen LogP contribution is 2.18. The second kappa shape index (κ2) is 7.49. The summed E-state index contributed by atoms with van der Waals surface area (Å²) in [6, 6.07) is 6.45. The van der Waals surface area contributed by atoms with E-state index in [0.717, 1.165) is 25.2 Å². The normalized spacial score (nSPS) is 9.80. The Kier molecular flexibility index (Phi) is 6.64. The monoisotopic (exact) mass is 282 g/mol. The zero-order chi connectivity index (χ0) is 11.1. The Morgan fingerprint density at radius 3 is 2.73 bits per heavy atom. The van der Waals surface area contributed by atoms with Crippen LogP contribution in [0.3, 0.4) is 0 Å². The van der Waals surface area contributed by atoms with Gasteiger partial charge in [0.15, 0.2) is 0 Å². The number of ether oxygens (including phenoxy) is 2. The molecule has 1 rings (SSSR count). The lowest BCUT2D eigenvalue weighted by atomic mass is 10.1. The van der Waals surface area contributed by atoms with Gasteiger partial charge in [-0.05, 0) is 24.5 Å². The highest BCUT2D eigenvalue weighted by Gasteiger charge is 2.04. The fourth-order valence-corrected chi connectivity index (χ4v) is 3.09. The van der Waals surface area contributed by atoms with Gasteiger partial charge in [0.1, 0.15) is 5.75 Å². The van der Waals surface area contributed by atoms with Crippen LogP contribution in [-0.4, -0.2) is 39.0 Å². The van der Waals surface area contributed by atoms with Gasteiger partial charge in [-0.15, -0.1) is 0 Å². The summed E-state index contributed by atoms with van der Waals surface area (Å²) >= 11 is 3.34. The average molecular weight is 283 g/mol. The van der Waals surface area contributed by atoms with Crippen LogP contribution in [-0.2, 0) is 11.2 Å². The van der Waals surface area contributed by atoms with Crippen molar-refractivity contribution in [2.24, 2.45) is 0 Å². The molecular formula is C11H15BrMgO2. The van der Waals surface area contributed by atoms with Crippen molar-refractivity contribution in [3.05, 3.63) is 23.8 Å². The molecule has 0 unspecified atom stereocenters. The fourth-order valence-electron chi connectivity index (χ4n) is 1.52. The second-order valence-corrected chi connectivity index (χ2v) is 6.14. The molecule has 0 amide bonds. The Morgan fingerprint density at radius 1 is 1.33 bits per heavy atom. The number of rotatable bonds is 6. The molecule has 0 aliphatic carbocycles. The van der Waals surface area contributed by atoms with Crippen LogP contribution in [0.2, 0.25) is 0 Å². The molecule has 1 aromatic carbocycles. The Hall–Kier alpha value is 0.226. The van der Waals surface area contributed by atoms with E-state index in [9.17, 15) is 0 Å². The van der Waals surface area contributed by atoms with Gasteiger partial charge in [0.05, 0.1) is 7.11 Å². The summed E-state index contributed by atoms with van der Waals surface area (Å²) in [6.07, 6.45) is 2.06. The Labute approximate surface area is 107 Å². The van der Waals surface area contributed by atoms with Crippen LogP contribution in [0, 0.1) is 0 Å². The molecule has 0 bridgehead atoms. The predicted octanol–water partition coefficient (Wildman–Crippen LogP) is 1.91. The van der Waals surface area contributed by atoms with Gasteiger partial charge < -0.3 is 9.47 Å². The van der Waals surface area contributed by atoms with Crippen molar-refractivity contribution in [2.45, 2.75) is 12.8 Å². The lowest BCUT2D eigenvalue weighted by Crippen LogP contribution is -2.10. The Morgan fingerprint density at radius 2 is 2.13 bits per heavy atom. The second-order valence-electron chi connectivity index (χ2n) is 3.38. The first-order valence-corrected chi connectivity index (χ1v) is 9.63. The van der Waals surface area contributed by atoms with Gasteiger partial charge in [0, 0.05) is 13.7 Å². The van der Waals surface area contributed by atoms with E-state index < -0.39 is 0 Å². The maximum absolute atomic E-state index is 5.33. The molecule has 0 heterocycles. The fraction of sp³-hybridized carbons (Fsp3) is 0.455. The third-order valence-electron chi connectivity index (χ3n) is 2.29. The van der Waals surface area contributed by atoms with E-state index in [1.807, 2.05) is 0 Å². The molecular weight excluding hydrogens is 268 g/mol. The summed E-state index contributed by atoms with van der Waals surface area (Å²) in [4.78, 5) is 0. The van der Waals surface area contributed by atoms with Crippen LogP contribution >= 0.6 is 12.9 Å². The summed E-state index contributed by atoms with van der Waals surface area (Å²) < 4.78 is 11.8. The minimum absolute atomic E-state index is 0.257. The topological polar surface area (TPSA) is 18.5 Å². The van der Waals surface area contributed by atoms with Crippen molar-refractivity contribution < 1.29 is 9.47 Å². The van der Waals surface area contributed by atoms with Crippen LogP contribution in [0.4, 0.5) is 0 Å². The lowest BCUT2D eigenvalue weighted by Gasteiger charge is -2.09. The number of methoxy groups -OCH3 is 2. The molecule has 0 spiro atoms. The van der Waals surface area contributed by atoms with E-state index >= 15 is 0 Å². The minimum atomic E-state index is -0.257. The molecule has 0 saturated heterocycles. The van der Waals surface area contributed by atoms with E-state index in [1.165, 1.54) is 9.26 Å². The molecule has 0 aliphatic rings. The van der Waals surface area contributed by atoms with Crippen LogP contribution in [0.25, 0.3) is 0 Å². The third kappa shape index (κ3) is 4.30. The van der Waals surface area contributed by atoms with E-state index in [-0.39, 0.29) is 18.2 Å². The summed E-state index contributed by atoms with van der Waals surface area (Å²) in [5.41, 5.74) is 1.29. The molecule has 0 saturated carbocycles. The van der Waals surface area contributed by atoms with Gasteiger partial charge in [-0.3, -0.25) is 12.9 Å². The number of benzene rings is 1. The van der Waals surface area contributed by atoms with E-state index in [4.69, 9.17) is 9.47 Å². The van der Waals surface area contributed by atoms with Crippen molar-refractivity contribution in [3.8, 4) is 5.75 Å². The molecule has 0 radical (unpaired) electrons. The summed E-state index contributed by atoms with van der Waals surface area (Å²) in [7, 11) is 3.46. The van der Waals surface area contributed by atoms with Gasteiger partial charge in [0.2, 0.25) is 0 Å². The van der Waals surface area contributed by atoms with Gasteiger partial charge in [0.25, 0.3) is 0 Å². The van der Waals surface area contributed by atoms with Crippen LogP contribution in [0.15, 0.2) is 18.2 Å². The lowest BCUT2D eigenvalue weighted by molar-refractivity contribution is 0.195. The summed E-state index contributed by atoms with van der Waals surface area (Å²) in [6.45, 7) is 0.805. The minimum Gasteiger partial charge on any atom is -0.496 e. The van der Waals surface area contributed by atoms with Gasteiger partial charge in [-0.25, -0.2) is 0 Å². The van der Waals surface area contributed by atoms with Gasteiger partial charge >= 0.3 is 18.2 Å². The molecule has 0 fully saturated rings. The molecule has 4 heteroatoms. The smallest absolute Gasteiger partial charge is 0.496 e. The number of hydrogen-bond acceptors (Lipinski definition) is 2. The third-order valence-corrected chi connectivity index (χ3v) is 4.98. The van der Waals surface area contributed by atoms with E-state index in [1.54, 1.807) is 14.2 Å². The van der Waals surface area contributed by atoms with Crippen molar-refractivity contribution in [3.63, 3.8) is 0 Å². The standard InChI is InChI=1S/C11H15O2.BrH.Mg/c1-12-9-5-7-10-6-3-4-8-11(10)13-2;;/h4,6,8H,5,7,9H2,1-2H3;1H;/q;;+1/p-1. The zero-order valence-corrected chi connectivity index (χ0v) is 12.3. The van der Waals surface area contributed by atoms with Crippen LogP contribution in [0.1, 0.15) is 12.0 Å². The molecule has 0 atom stereocenters. The first-order valence-electron chi connectivity index (χ1n) is 5.02. The maximum atomic E-state index is 5.33. The van der Waals surface area contributed by atoms with Crippen molar-refractivity contribution in [1.82, 2.24) is 0 Å². The SMILES string of the molecule is COCCCc1c[c]([Mg][Br])ccc1OC. The van der Waals surface area contributed by atoms with Crippen molar-refractivity contribution in [2.75, 3.05) is 20.8 Å². The molecule has 0 aromatic heterocycles. The number of halogens is 1. The highest BCUT2D eigenvalue weighted by molar-refractivity contribution is 9.23. The van der Waals surface area contributed by atoms with Gasteiger partial charge in [-0.1, -0.05) is 12.1 Å². The number of aryl methyl sites for hydroxylation is 1. The van der Waals surface area contributed by atoms with Crippen LogP contribution in [0.5, 0.6) is 5.75 Å². The molecule has 80 valence electrons. The van der Waals surface area contributed by atoms with Gasteiger partial charge in [-0.2, -0.15) is 3.69 Å². The highest BCUT2D eigenvalue weighted by atomic mass is 79.9. The summed E-state index contributed by atoms with van der Waals surface area (Å²) in [5.74, 6) is 0.991. The predicted molar refractivity (Wildman–Crippen MR) is 67.5 cm³/mol. The summed E-state index contributed by atoms with van der Waals surface area (Å²) in [5, 5.41) is 0. The van der Waals surface area contributed by atoms with Crippen molar-refractivity contribution >= 4 is 34.8 Å². The number of hydrogen-bond donors (Lipinski definition) is 0. The van der Waals surface area contributed by atoms with Crippen molar-refractivity contribution in [1.29, 1.82) is 0 Å². The quantitative estimate of drug-likeness (QED) is 0.586. The maximum Gasteiger partial charge on any atom is 0.506 e. The Balaban J connectivity index is 2.72. The average Bonchev–Trinajstić information content (AvgIpc) is 2.29. The van der Waals surface area contributed by atoms with E-state index in [2.05, 4.69) is 31.1 Å². The molecule has 1 aromatic rings. The Bertz CT molecular complexity index is 305. The zero-order valence-electron chi connectivity index (χ0n) is 9.25. The molecule has 15 heavy (non-hydrogen) atoms. The molecule has 2 nitrogen and oxygen atoms in total. The van der Waals surface area contributed by atoms with E-state index in [0.29, 0.717) is 0 Å². The molecule has 0 aliphatic heterocycles. The first kappa shape index (κ1) is 13.3.